The molecular weight excluding hydrogens is 701 g/mol. The molecule has 0 saturated carbocycles. The predicted molar refractivity (Wildman–Crippen MR) is 232 cm³/mol. The minimum atomic E-state index is -0.130. The highest BCUT2D eigenvalue weighted by Gasteiger charge is 2.30. The maximum Gasteiger partial charge on any atom is 0.137 e. The Morgan fingerprint density at radius 3 is 1.96 bits per heavy atom. The highest BCUT2D eigenvalue weighted by atomic mass is 16.3. The van der Waals surface area contributed by atoms with Crippen LogP contribution in [-0.2, 0) is 0 Å². The first-order chi connectivity index (χ1) is 28.2. The van der Waals surface area contributed by atoms with Gasteiger partial charge in [-0.1, -0.05) is 115 Å². The van der Waals surface area contributed by atoms with Crippen molar-refractivity contribution in [2.75, 3.05) is 0 Å². The first-order valence-electron chi connectivity index (χ1n) is 19.6. The summed E-state index contributed by atoms with van der Waals surface area (Å²) in [4.78, 5) is 5.21. The van der Waals surface area contributed by atoms with Crippen LogP contribution in [0.5, 0.6) is 0 Å². The number of nitrogens with zero attached hydrogens (tertiary/aromatic N) is 2. The van der Waals surface area contributed by atoms with E-state index in [4.69, 9.17) is 13.8 Å². The van der Waals surface area contributed by atoms with E-state index in [2.05, 4.69) is 185 Å². The molecule has 0 saturated heterocycles. The Bertz CT molecular complexity index is 3300. The summed E-state index contributed by atoms with van der Waals surface area (Å²) in [6, 6.07) is 57.7. The number of aliphatic imine (C=N–C) groups is 1. The van der Waals surface area contributed by atoms with Gasteiger partial charge in [0.05, 0.1) is 11.0 Å². The molecule has 0 bridgehead atoms. The van der Waals surface area contributed by atoms with Gasteiger partial charge >= 0.3 is 0 Å². The Balaban J connectivity index is 0.891. The number of hydrogen-bond acceptors (Lipinski definition) is 5. The van der Waals surface area contributed by atoms with Gasteiger partial charge in [0.15, 0.2) is 0 Å². The molecule has 0 radical (unpaired) electrons. The standard InChI is InChI=1S/C51H36N4O2/c1-3-11-31(12-4-1)49-52-50(32-13-5-2-6-14-32)54-51(53-49)35-19-23-39-41-27-33(20-25-45(41)56-47(39)29-35)34-21-26-46-42(28-34)40-24-22-36(30-48(40)57-46)55-43-17-9-7-15-37(43)38-16-8-10-18-44(38)55/h1-18,20-30,35,49,51,53H,19H2,(H,52,54). The van der Waals surface area contributed by atoms with E-state index in [1.807, 2.05) is 6.07 Å². The average Bonchev–Trinajstić information content (AvgIpc) is 3.95. The number of para-hydroxylation sites is 2. The molecule has 10 aromatic rings. The molecule has 7 aromatic carbocycles. The zero-order chi connectivity index (χ0) is 37.5. The van der Waals surface area contributed by atoms with Gasteiger partial charge in [0.2, 0.25) is 0 Å². The van der Waals surface area contributed by atoms with Gasteiger partial charge in [-0.05, 0) is 77.7 Å². The number of aromatic nitrogens is 1. The van der Waals surface area contributed by atoms with Crippen molar-refractivity contribution in [1.82, 2.24) is 15.2 Å². The van der Waals surface area contributed by atoms with E-state index >= 15 is 0 Å². The van der Waals surface area contributed by atoms with E-state index in [-0.39, 0.29) is 18.2 Å². The lowest BCUT2D eigenvalue weighted by atomic mass is 9.94. The zero-order valence-electron chi connectivity index (χ0n) is 30.9. The SMILES string of the molecule is C1=c2oc3ccc(-c4ccc5oc6cc(-n7c8ccccc8c8ccccc87)ccc6c5c4)cc3c2=CCC1C1N=C(c2ccccc2)NC(c2ccccc2)N1. The smallest absolute Gasteiger partial charge is 0.137 e. The molecule has 3 unspecified atom stereocenters. The lowest BCUT2D eigenvalue weighted by Gasteiger charge is -2.35. The second-order valence-electron chi connectivity index (χ2n) is 15.2. The van der Waals surface area contributed by atoms with Crippen LogP contribution in [0.3, 0.4) is 0 Å². The van der Waals surface area contributed by atoms with Crippen LogP contribution >= 0.6 is 0 Å². The van der Waals surface area contributed by atoms with Crippen LogP contribution in [0.15, 0.2) is 178 Å². The number of furan rings is 2. The van der Waals surface area contributed by atoms with Gasteiger partial charge in [0.25, 0.3) is 0 Å². The van der Waals surface area contributed by atoms with Crippen molar-refractivity contribution in [3.63, 3.8) is 0 Å². The largest absolute Gasteiger partial charge is 0.456 e. The Kier molecular flexibility index (Phi) is 7.16. The molecule has 6 heteroatoms. The molecule has 1 aliphatic carbocycles. The summed E-state index contributed by atoms with van der Waals surface area (Å²) < 4.78 is 15.4. The normalized spacial score (nSPS) is 18.0. The molecule has 3 atom stereocenters. The predicted octanol–water partition coefficient (Wildman–Crippen LogP) is 10.3. The number of hydrogen-bond donors (Lipinski definition) is 2. The molecular formula is C51H36N4O2. The molecule has 2 aliphatic rings. The second kappa shape index (κ2) is 12.7. The van der Waals surface area contributed by atoms with E-state index in [0.29, 0.717) is 0 Å². The van der Waals surface area contributed by atoms with Gasteiger partial charge in [-0.2, -0.15) is 0 Å². The number of fused-ring (bicyclic) bond motifs is 9. The van der Waals surface area contributed by atoms with E-state index in [9.17, 15) is 0 Å². The van der Waals surface area contributed by atoms with Crippen LogP contribution in [0.2, 0.25) is 0 Å². The van der Waals surface area contributed by atoms with Gasteiger partial charge in [-0.25, -0.2) is 4.99 Å². The topological polar surface area (TPSA) is 67.6 Å². The van der Waals surface area contributed by atoms with Crippen molar-refractivity contribution >= 4 is 72.7 Å². The van der Waals surface area contributed by atoms with E-state index in [1.165, 1.54) is 27.4 Å². The van der Waals surface area contributed by atoms with E-state index in [1.54, 1.807) is 0 Å². The summed E-state index contributed by atoms with van der Waals surface area (Å²) in [7, 11) is 0. The highest BCUT2D eigenvalue weighted by Crippen LogP contribution is 2.37. The lowest BCUT2D eigenvalue weighted by Crippen LogP contribution is -2.51. The average molecular weight is 737 g/mol. The maximum atomic E-state index is 6.54. The third-order valence-corrected chi connectivity index (χ3v) is 11.8. The fraction of sp³-hybridized carbons (Fsp3) is 0.0784. The maximum absolute atomic E-state index is 6.54. The van der Waals surface area contributed by atoms with Crippen molar-refractivity contribution in [3.05, 3.63) is 186 Å². The Morgan fingerprint density at radius 1 is 0.544 bits per heavy atom. The van der Waals surface area contributed by atoms with Gasteiger partial charge in [-0.3, -0.25) is 5.32 Å². The summed E-state index contributed by atoms with van der Waals surface area (Å²) in [5.74, 6) is 1.02. The summed E-state index contributed by atoms with van der Waals surface area (Å²) >= 11 is 0. The minimum Gasteiger partial charge on any atom is -0.456 e. The third-order valence-electron chi connectivity index (χ3n) is 11.8. The Hall–Kier alpha value is -7.15. The van der Waals surface area contributed by atoms with Gasteiger partial charge < -0.3 is 18.7 Å². The molecule has 0 fully saturated rings. The monoisotopic (exact) mass is 736 g/mol. The van der Waals surface area contributed by atoms with Crippen molar-refractivity contribution in [2.45, 2.75) is 18.8 Å². The van der Waals surface area contributed by atoms with Crippen LogP contribution in [-0.4, -0.2) is 16.6 Å². The van der Waals surface area contributed by atoms with Crippen molar-refractivity contribution < 1.29 is 8.83 Å². The van der Waals surface area contributed by atoms with E-state index in [0.717, 1.165) is 78.2 Å². The second-order valence-corrected chi connectivity index (χ2v) is 15.2. The number of benzene rings is 7. The van der Waals surface area contributed by atoms with Gasteiger partial charge in [0, 0.05) is 55.4 Å². The van der Waals surface area contributed by atoms with Gasteiger partial charge in [0.1, 0.15) is 40.3 Å². The van der Waals surface area contributed by atoms with Crippen molar-refractivity contribution in [2.24, 2.45) is 10.9 Å². The van der Waals surface area contributed by atoms with Crippen LogP contribution in [0.1, 0.15) is 23.7 Å². The van der Waals surface area contributed by atoms with Crippen molar-refractivity contribution in [1.29, 1.82) is 0 Å². The Morgan fingerprint density at radius 2 is 1.21 bits per heavy atom. The summed E-state index contributed by atoms with van der Waals surface area (Å²) in [5, 5.41) is 14.4. The fourth-order valence-corrected chi connectivity index (χ4v) is 9.03. The number of rotatable bonds is 5. The fourth-order valence-electron chi connectivity index (χ4n) is 9.03. The molecule has 4 heterocycles. The van der Waals surface area contributed by atoms with Crippen LogP contribution in [0, 0.1) is 5.92 Å². The van der Waals surface area contributed by atoms with Crippen molar-refractivity contribution in [3.8, 4) is 16.8 Å². The minimum absolute atomic E-state index is 0.0660. The molecule has 2 N–H and O–H groups in total. The molecule has 6 nitrogen and oxygen atoms in total. The molecule has 0 amide bonds. The molecule has 272 valence electrons. The van der Waals surface area contributed by atoms with E-state index < -0.39 is 0 Å². The molecule has 12 rings (SSSR count). The third kappa shape index (κ3) is 5.25. The summed E-state index contributed by atoms with van der Waals surface area (Å²) in [6.45, 7) is 0. The lowest BCUT2D eigenvalue weighted by molar-refractivity contribution is 0.349. The number of nitrogens with one attached hydrogen (secondary N) is 2. The summed E-state index contributed by atoms with van der Waals surface area (Å²) in [5.41, 5.74) is 11.5. The number of amidine groups is 1. The van der Waals surface area contributed by atoms with Crippen LogP contribution in [0.4, 0.5) is 0 Å². The quantitative estimate of drug-likeness (QED) is 0.185. The summed E-state index contributed by atoms with van der Waals surface area (Å²) in [6.07, 6.45) is 5.25. The van der Waals surface area contributed by atoms with Gasteiger partial charge in [-0.15, -0.1) is 0 Å². The highest BCUT2D eigenvalue weighted by molar-refractivity contribution is 6.10. The first kappa shape index (κ1) is 32.1. The van der Waals surface area contributed by atoms with Crippen LogP contribution in [0.25, 0.3) is 83.7 Å². The molecule has 0 spiro atoms. The Labute approximate surface area is 327 Å². The molecule has 1 aliphatic heterocycles. The molecule has 3 aromatic heterocycles. The zero-order valence-corrected chi connectivity index (χ0v) is 30.9. The first-order valence-corrected chi connectivity index (χ1v) is 19.6. The molecule has 57 heavy (non-hydrogen) atoms. The van der Waals surface area contributed by atoms with Crippen LogP contribution < -0.4 is 21.3 Å².